The molecule has 0 amide bonds. The number of hydrogen-bond acceptors (Lipinski definition) is 3. The summed E-state index contributed by atoms with van der Waals surface area (Å²) in [7, 11) is 0. The zero-order valence-electron chi connectivity index (χ0n) is 12.2. The SMILES string of the molecule is Cc1cc(-c2cccc(N)c2N[C@H](C)CC=O)ccc1Cl. The summed E-state index contributed by atoms with van der Waals surface area (Å²) < 4.78 is 0. The van der Waals surface area contributed by atoms with Crippen molar-refractivity contribution < 1.29 is 4.79 Å². The first-order chi connectivity index (χ1) is 10.0. The number of hydrogen-bond donors (Lipinski definition) is 2. The van der Waals surface area contributed by atoms with E-state index >= 15 is 0 Å². The first-order valence-corrected chi connectivity index (χ1v) is 7.26. The normalized spacial score (nSPS) is 12.0. The monoisotopic (exact) mass is 302 g/mol. The number of nitrogen functional groups attached to an aromatic ring is 1. The second-order valence-electron chi connectivity index (χ2n) is 5.18. The highest BCUT2D eigenvalue weighted by Crippen LogP contribution is 2.34. The molecule has 0 radical (unpaired) electrons. The molecule has 0 aromatic heterocycles. The predicted octanol–water partition coefficient (Wildman–Crippen LogP) is 4.29. The maximum absolute atomic E-state index is 10.6. The molecular weight excluding hydrogens is 284 g/mol. The van der Waals surface area contributed by atoms with Crippen molar-refractivity contribution in [1.82, 2.24) is 0 Å². The molecule has 21 heavy (non-hydrogen) atoms. The van der Waals surface area contributed by atoms with Crippen LogP contribution in [-0.2, 0) is 4.79 Å². The Hall–Kier alpha value is -2.00. The quantitative estimate of drug-likeness (QED) is 0.640. The second kappa shape index (κ2) is 6.64. The lowest BCUT2D eigenvalue weighted by atomic mass is 10.00. The maximum Gasteiger partial charge on any atom is 0.122 e. The van der Waals surface area contributed by atoms with Gasteiger partial charge in [0.2, 0.25) is 0 Å². The summed E-state index contributed by atoms with van der Waals surface area (Å²) in [6, 6.07) is 11.7. The molecule has 0 saturated carbocycles. The molecule has 0 saturated heterocycles. The Labute approximate surface area is 130 Å². The van der Waals surface area contributed by atoms with E-state index in [4.69, 9.17) is 17.3 Å². The molecule has 3 nitrogen and oxygen atoms in total. The molecule has 0 unspecified atom stereocenters. The zero-order valence-corrected chi connectivity index (χ0v) is 12.9. The number of carbonyl (C=O) groups excluding carboxylic acids is 1. The van der Waals surface area contributed by atoms with Crippen LogP contribution >= 0.6 is 11.6 Å². The van der Waals surface area contributed by atoms with E-state index in [0.29, 0.717) is 12.1 Å². The molecule has 2 aromatic carbocycles. The molecular formula is C17H19ClN2O. The molecule has 3 N–H and O–H groups in total. The summed E-state index contributed by atoms with van der Waals surface area (Å²) in [5.41, 5.74) is 10.7. The van der Waals surface area contributed by atoms with Gasteiger partial charge in [0.1, 0.15) is 6.29 Å². The number of aldehydes is 1. The van der Waals surface area contributed by atoms with Gasteiger partial charge in [0.15, 0.2) is 0 Å². The summed E-state index contributed by atoms with van der Waals surface area (Å²) in [5.74, 6) is 0. The number of rotatable bonds is 5. The third-order valence-corrected chi connectivity index (χ3v) is 3.83. The third-order valence-electron chi connectivity index (χ3n) is 3.41. The number of para-hydroxylation sites is 1. The molecule has 0 heterocycles. The smallest absolute Gasteiger partial charge is 0.122 e. The van der Waals surface area contributed by atoms with Gasteiger partial charge in [-0.2, -0.15) is 0 Å². The zero-order chi connectivity index (χ0) is 15.4. The number of carbonyl (C=O) groups is 1. The summed E-state index contributed by atoms with van der Waals surface area (Å²) in [4.78, 5) is 10.6. The van der Waals surface area contributed by atoms with Crippen LogP contribution in [0, 0.1) is 6.92 Å². The molecule has 0 bridgehead atoms. The highest BCUT2D eigenvalue weighted by molar-refractivity contribution is 6.31. The molecule has 2 rings (SSSR count). The molecule has 0 aliphatic rings. The average Bonchev–Trinajstić information content (AvgIpc) is 2.44. The van der Waals surface area contributed by atoms with Gasteiger partial charge in [-0.25, -0.2) is 0 Å². The van der Waals surface area contributed by atoms with E-state index < -0.39 is 0 Å². The lowest BCUT2D eigenvalue weighted by molar-refractivity contribution is -0.107. The van der Waals surface area contributed by atoms with Crippen molar-refractivity contribution in [3.05, 3.63) is 47.0 Å². The van der Waals surface area contributed by atoms with Crippen molar-refractivity contribution in [3.8, 4) is 11.1 Å². The molecule has 4 heteroatoms. The predicted molar refractivity (Wildman–Crippen MR) is 89.8 cm³/mol. The van der Waals surface area contributed by atoms with E-state index in [0.717, 1.165) is 33.7 Å². The fourth-order valence-electron chi connectivity index (χ4n) is 2.23. The summed E-state index contributed by atoms with van der Waals surface area (Å²) in [6.45, 7) is 3.93. The first kappa shape index (κ1) is 15.4. The van der Waals surface area contributed by atoms with Gasteiger partial charge >= 0.3 is 0 Å². The maximum atomic E-state index is 10.6. The highest BCUT2D eigenvalue weighted by Gasteiger charge is 2.11. The van der Waals surface area contributed by atoms with Gasteiger partial charge in [-0.1, -0.05) is 29.8 Å². The lowest BCUT2D eigenvalue weighted by Crippen LogP contribution is -2.17. The van der Waals surface area contributed by atoms with Crippen LogP contribution in [0.3, 0.4) is 0 Å². The van der Waals surface area contributed by atoms with Crippen LogP contribution in [0.1, 0.15) is 18.9 Å². The molecule has 0 spiro atoms. The lowest BCUT2D eigenvalue weighted by Gasteiger charge is -2.19. The number of anilines is 2. The van der Waals surface area contributed by atoms with Gasteiger partial charge in [0.05, 0.1) is 11.4 Å². The minimum absolute atomic E-state index is 0.0272. The molecule has 0 aliphatic heterocycles. The number of nitrogens with one attached hydrogen (secondary N) is 1. The van der Waals surface area contributed by atoms with Gasteiger partial charge in [-0.05, 0) is 43.2 Å². The third kappa shape index (κ3) is 3.56. The van der Waals surface area contributed by atoms with Crippen molar-refractivity contribution >= 4 is 29.3 Å². The van der Waals surface area contributed by atoms with E-state index in [1.54, 1.807) is 0 Å². The van der Waals surface area contributed by atoms with Crippen molar-refractivity contribution in [2.24, 2.45) is 0 Å². The van der Waals surface area contributed by atoms with E-state index in [1.807, 2.05) is 50.2 Å². The molecule has 110 valence electrons. The Morgan fingerprint density at radius 3 is 2.76 bits per heavy atom. The number of aryl methyl sites for hydroxylation is 1. The van der Waals surface area contributed by atoms with Crippen molar-refractivity contribution in [2.75, 3.05) is 11.1 Å². The Bertz CT molecular complexity index is 655. The molecule has 0 aliphatic carbocycles. The highest BCUT2D eigenvalue weighted by atomic mass is 35.5. The van der Waals surface area contributed by atoms with Crippen LogP contribution in [0.2, 0.25) is 5.02 Å². The van der Waals surface area contributed by atoms with Crippen LogP contribution in [-0.4, -0.2) is 12.3 Å². The topological polar surface area (TPSA) is 55.1 Å². The van der Waals surface area contributed by atoms with Crippen molar-refractivity contribution in [3.63, 3.8) is 0 Å². The van der Waals surface area contributed by atoms with Crippen LogP contribution in [0.15, 0.2) is 36.4 Å². The van der Waals surface area contributed by atoms with Gasteiger partial charge < -0.3 is 15.8 Å². The average molecular weight is 303 g/mol. The van der Waals surface area contributed by atoms with Gasteiger partial charge in [0.25, 0.3) is 0 Å². The Morgan fingerprint density at radius 2 is 2.10 bits per heavy atom. The van der Waals surface area contributed by atoms with E-state index in [1.165, 1.54) is 0 Å². The van der Waals surface area contributed by atoms with E-state index in [9.17, 15) is 4.79 Å². The second-order valence-corrected chi connectivity index (χ2v) is 5.59. The van der Waals surface area contributed by atoms with Crippen molar-refractivity contribution in [1.29, 1.82) is 0 Å². The fourth-order valence-corrected chi connectivity index (χ4v) is 2.35. The first-order valence-electron chi connectivity index (χ1n) is 6.88. The van der Waals surface area contributed by atoms with Crippen molar-refractivity contribution in [2.45, 2.75) is 26.3 Å². The summed E-state index contributed by atoms with van der Waals surface area (Å²) >= 11 is 6.09. The Morgan fingerprint density at radius 1 is 1.33 bits per heavy atom. The van der Waals surface area contributed by atoms with E-state index in [-0.39, 0.29) is 6.04 Å². The standard InChI is InChI=1S/C17H19ClN2O/c1-11-10-13(6-7-15(11)18)14-4-3-5-16(19)17(14)20-12(2)8-9-21/h3-7,9-10,12,20H,8,19H2,1-2H3/t12-/m1/s1. The molecule has 0 fully saturated rings. The van der Waals surface area contributed by atoms with Gasteiger partial charge in [0, 0.05) is 23.0 Å². The minimum Gasteiger partial charge on any atom is -0.397 e. The van der Waals surface area contributed by atoms with E-state index in [2.05, 4.69) is 5.32 Å². The van der Waals surface area contributed by atoms with Crippen LogP contribution in [0.25, 0.3) is 11.1 Å². The number of halogens is 1. The minimum atomic E-state index is 0.0272. The van der Waals surface area contributed by atoms with Crippen LogP contribution in [0.4, 0.5) is 11.4 Å². The van der Waals surface area contributed by atoms with Crippen LogP contribution in [0.5, 0.6) is 0 Å². The Kier molecular flexibility index (Phi) is 4.86. The Balaban J connectivity index is 2.45. The van der Waals surface area contributed by atoms with Gasteiger partial charge in [-0.15, -0.1) is 0 Å². The van der Waals surface area contributed by atoms with Crippen LogP contribution < -0.4 is 11.1 Å². The largest absolute Gasteiger partial charge is 0.397 e. The molecule has 1 atom stereocenters. The molecule has 2 aromatic rings. The van der Waals surface area contributed by atoms with Gasteiger partial charge in [-0.3, -0.25) is 0 Å². The summed E-state index contributed by atoms with van der Waals surface area (Å²) in [5, 5.41) is 4.07. The summed E-state index contributed by atoms with van der Waals surface area (Å²) in [6.07, 6.45) is 1.34. The number of benzene rings is 2. The fraction of sp³-hybridized carbons (Fsp3) is 0.235. The number of nitrogens with two attached hydrogens (primary N) is 1.